The summed E-state index contributed by atoms with van der Waals surface area (Å²) in [5, 5.41) is 10.1. The van der Waals surface area contributed by atoms with Gasteiger partial charge in [0.05, 0.1) is 6.10 Å². The molecule has 1 unspecified atom stereocenters. The van der Waals surface area contributed by atoms with Gasteiger partial charge in [0.1, 0.15) is 0 Å². The van der Waals surface area contributed by atoms with E-state index < -0.39 is 0 Å². The second-order valence-corrected chi connectivity index (χ2v) is 4.47. The Morgan fingerprint density at radius 3 is 2.50 bits per heavy atom. The fourth-order valence-corrected chi connectivity index (χ4v) is 2.45. The molecule has 0 amide bonds. The SMILES string of the molecule is CC#CCCC(O)C1Cc2ccccc2C1. The first kappa shape index (κ1) is 11.2. The monoisotopic (exact) mass is 214 g/mol. The minimum absolute atomic E-state index is 0.201. The van der Waals surface area contributed by atoms with Gasteiger partial charge in [0.15, 0.2) is 0 Å². The summed E-state index contributed by atoms with van der Waals surface area (Å²) in [7, 11) is 0. The molecule has 1 aromatic carbocycles. The fourth-order valence-electron chi connectivity index (χ4n) is 2.45. The largest absolute Gasteiger partial charge is 0.393 e. The third-order valence-corrected chi connectivity index (χ3v) is 3.37. The molecule has 0 aromatic heterocycles. The van der Waals surface area contributed by atoms with E-state index in [1.54, 1.807) is 0 Å². The molecule has 0 spiro atoms. The van der Waals surface area contributed by atoms with Crippen LogP contribution >= 0.6 is 0 Å². The van der Waals surface area contributed by atoms with E-state index in [-0.39, 0.29) is 6.10 Å². The Hall–Kier alpha value is -1.26. The van der Waals surface area contributed by atoms with Gasteiger partial charge in [-0.1, -0.05) is 24.3 Å². The Bertz CT molecular complexity index is 386. The van der Waals surface area contributed by atoms with Gasteiger partial charge in [0, 0.05) is 6.42 Å². The second kappa shape index (κ2) is 5.18. The van der Waals surface area contributed by atoms with Gasteiger partial charge in [-0.3, -0.25) is 0 Å². The van der Waals surface area contributed by atoms with Crippen LogP contribution in [0.15, 0.2) is 24.3 Å². The summed E-state index contributed by atoms with van der Waals surface area (Å²) in [6.45, 7) is 1.85. The predicted molar refractivity (Wildman–Crippen MR) is 66.0 cm³/mol. The molecular formula is C15H18O. The van der Waals surface area contributed by atoms with Gasteiger partial charge < -0.3 is 5.11 Å². The molecule has 0 fully saturated rings. The van der Waals surface area contributed by atoms with Crippen molar-refractivity contribution in [2.75, 3.05) is 0 Å². The Kier molecular flexibility index (Phi) is 3.64. The Morgan fingerprint density at radius 1 is 1.31 bits per heavy atom. The van der Waals surface area contributed by atoms with Crippen LogP contribution in [0.2, 0.25) is 0 Å². The van der Waals surface area contributed by atoms with Crippen LogP contribution in [0.1, 0.15) is 30.9 Å². The maximum atomic E-state index is 10.1. The first-order chi connectivity index (χ1) is 7.81. The van der Waals surface area contributed by atoms with Gasteiger partial charge in [-0.25, -0.2) is 0 Å². The molecule has 0 aliphatic heterocycles. The summed E-state index contributed by atoms with van der Waals surface area (Å²) >= 11 is 0. The van der Waals surface area contributed by atoms with Crippen molar-refractivity contribution in [2.45, 2.75) is 38.7 Å². The molecule has 1 aliphatic rings. The van der Waals surface area contributed by atoms with Crippen LogP contribution in [0.4, 0.5) is 0 Å². The van der Waals surface area contributed by atoms with E-state index in [1.807, 2.05) is 6.92 Å². The van der Waals surface area contributed by atoms with Crippen molar-refractivity contribution in [1.82, 2.24) is 0 Å². The maximum Gasteiger partial charge on any atom is 0.0583 e. The average molecular weight is 214 g/mol. The number of aliphatic hydroxyl groups is 1. The number of hydrogen-bond acceptors (Lipinski definition) is 1. The molecule has 1 N–H and O–H groups in total. The van der Waals surface area contributed by atoms with E-state index >= 15 is 0 Å². The third-order valence-electron chi connectivity index (χ3n) is 3.37. The molecule has 0 radical (unpaired) electrons. The summed E-state index contributed by atoms with van der Waals surface area (Å²) in [5.74, 6) is 6.28. The van der Waals surface area contributed by atoms with E-state index in [1.165, 1.54) is 11.1 Å². The van der Waals surface area contributed by atoms with Crippen molar-refractivity contribution < 1.29 is 5.11 Å². The number of aliphatic hydroxyl groups excluding tert-OH is 1. The molecule has 1 atom stereocenters. The van der Waals surface area contributed by atoms with Crippen molar-refractivity contribution in [3.63, 3.8) is 0 Å². The maximum absolute atomic E-state index is 10.1. The summed E-state index contributed by atoms with van der Waals surface area (Å²) in [4.78, 5) is 0. The van der Waals surface area contributed by atoms with Gasteiger partial charge in [-0.15, -0.1) is 11.8 Å². The van der Waals surface area contributed by atoms with Gasteiger partial charge in [-0.05, 0) is 43.2 Å². The minimum Gasteiger partial charge on any atom is -0.393 e. The van der Waals surface area contributed by atoms with Crippen molar-refractivity contribution >= 4 is 0 Å². The minimum atomic E-state index is -0.201. The fraction of sp³-hybridized carbons (Fsp3) is 0.467. The topological polar surface area (TPSA) is 20.2 Å². The van der Waals surface area contributed by atoms with Gasteiger partial charge in [0.25, 0.3) is 0 Å². The van der Waals surface area contributed by atoms with Crippen LogP contribution in [0.25, 0.3) is 0 Å². The summed E-state index contributed by atoms with van der Waals surface area (Å²) in [6.07, 6.45) is 3.46. The second-order valence-electron chi connectivity index (χ2n) is 4.47. The zero-order valence-electron chi connectivity index (χ0n) is 9.74. The average Bonchev–Trinajstić information content (AvgIpc) is 2.73. The lowest BCUT2D eigenvalue weighted by molar-refractivity contribution is 0.105. The lowest BCUT2D eigenvalue weighted by Crippen LogP contribution is -2.20. The third kappa shape index (κ3) is 2.46. The Morgan fingerprint density at radius 2 is 1.94 bits per heavy atom. The predicted octanol–water partition coefficient (Wildman–Crippen LogP) is 2.57. The first-order valence-corrected chi connectivity index (χ1v) is 5.95. The molecule has 1 nitrogen and oxygen atoms in total. The Balaban J connectivity index is 1.92. The van der Waals surface area contributed by atoms with E-state index in [9.17, 15) is 5.11 Å². The molecule has 1 aliphatic carbocycles. The highest BCUT2D eigenvalue weighted by Crippen LogP contribution is 2.29. The summed E-state index contributed by atoms with van der Waals surface area (Å²) < 4.78 is 0. The van der Waals surface area contributed by atoms with Crippen LogP contribution < -0.4 is 0 Å². The molecule has 1 heteroatoms. The number of hydrogen-bond donors (Lipinski definition) is 1. The molecule has 1 aromatic rings. The highest BCUT2D eigenvalue weighted by atomic mass is 16.3. The van der Waals surface area contributed by atoms with Crippen LogP contribution in [0.3, 0.4) is 0 Å². The van der Waals surface area contributed by atoms with E-state index in [0.717, 1.165) is 25.7 Å². The summed E-state index contributed by atoms with van der Waals surface area (Å²) in [5.41, 5.74) is 2.82. The lowest BCUT2D eigenvalue weighted by atomic mass is 9.96. The Labute approximate surface area is 97.5 Å². The molecule has 2 rings (SSSR count). The van der Waals surface area contributed by atoms with E-state index in [0.29, 0.717) is 5.92 Å². The highest BCUT2D eigenvalue weighted by Gasteiger charge is 2.26. The van der Waals surface area contributed by atoms with Gasteiger partial charge in [-0.2, -0.15) is 0 Å². The van der Waals surface area contributed by atoms with E-state index in [2.05, 4.69) is 36.1 Å². The van der Waals surface area contributed by atoms with Crippen molar-refractivity contribution in [3.05, 3.63) is 35.4 Å². The number of benzene rings is 1. The number of rotatable bonds is 3. The first-order valence-electron chi connectivity index (χ1n) is 5.95. The quantitative estimate of drug-likeness (QED) is 0.767. The zero-order valence-corrected chi connectivity index (χ0v) is 9.74. The molecule has 0 heterocycles. The zero-order chi connectivity index (χ0) is 11.4. The van der Waals surface area contributed by atoms with Gasteiger partial charge >= 0.3 is 0 Å². The standard InChI is InChI=1S/C15H18O/c1-2-3-4-9-15(16)14-10-12-7-5-6-8-13(12)11-14/h5-8,14-16H,4,9-11H2,1H3. The molecular weight excluding hydrogens is 196 g/mol. The van der Waals surface area contributed by atoms with Crippen LogP contribution in [0, 0.1) is 17.8 Å². The van der Waals surface area contributed by atoms with Crippen molar-refractivity contribution in [2.24, 2.45) is 5.92 Å². The normalized spacial score (nSPS) is 16.4. The molecule has 0 saturated carbocycles. The van der Waals surface area contributed by atoms with Gasteiger partial charge in [0.2, 0.25) is 0 Å². The molecule has 16 heavy (non-hydrogen) atoms. The lowest BCUT2D eigenvalue weighted by Gasteiger charge is -2.16. The molecule has 0 saturated heterocycles. The van der Waals surface area contributed by atoms with Crippen molar-refractivity contribution in [3.8, 4) is 11.8 Å². The molecule has 84 valence electrons. The summed E-state index contributed by atoms with van der Waals surface area (Å²) in [6, 6.07) is 8.51. The van der Waals surface area contributed by atoms with Crippen LogP contribution in [-0.2, 0) is 12.8 Å². The number of fused-ring (bicyclic) bond motifs is 1. The van der Waals surface area contributed by atoms with Crippen LogP contribution in [0.5, 0.6) is 0 Å². The highest BCUT2D eigenvalue weighted by molar-refractivity contribution is 5.32. The smallest absolute Gasteiger partial charge is 0.0583 e. The molecule has 0 bridgehead atoms. The van der Waals surface area contributed by atoms with Crippen LogP contribution in [-0.4, -0.2) is 11.2 Å². The van der Waals surface area contributed by atoms with Crippen molar-refractivity contribution in [1.29, 1.82) is 0 Å². The van der Waals surface area contributed by atoms with E-state index in [4.69, 9.17) is 0 Å².